The molecule has 1 unspecified atom stereocenters. The first-order valence-electron chi connectivity index (χ1n) is 6.64. The number of ether oxygens (including phenoxy) is 2. The molecule has 0 saturated carbocycles. The molecule has 1 atom stereocenters. The highest BCUT2D eigenvalue weighted by Gasteiger charge is 2.15. The van der Waals surface area contributed by atoms with Gasteiger partial charge in [0.05, 0.1) is 12.7 Å². The van der Waals surface area contributed by atoms with Crippen molar-refractivity contribution in [3.63, 3.8) is 0 Å². The fourth-order valence-corrected chi connectivity index (χ4v) is 2.09. The van der Waals surface area contributed by atoms with Gasteiger partial charge >= 0.3 is 0 Å². The molecule has 0 aliphatic carbocycles. The van der Waals surface area contributed by atoms with Crippen molar-refractivity contribution in [3.05, 3.63) is 35.9 Å². The number of Topliss-reactive ketones (excluding diaryl/α,β-unsaturated/α-hetero) is 1. The van der Waals surface area contributed by atoms with Crippen LogP contribution < -0.4 is 0 Å². The molecule has 1 aromatic carbocycles. The zero-order valence-corrected chi connectivity index (χ0v) is 10.6. The Balaban J connectivity index is 1.56. The van der Waals surface area contributed by atoms with Gasteiger partial charge in [-0.2, -0.15) is 0 Å². The lowest BCUT2D eigenvalue weighted by Crippen LogP contribution is -2.14. The topological polar surface area (TPSA) is 35.5 Å². The first-order valence-corrected chi connectivity index (χ1v) is 6.64. The molecule has 0 bridgehead atoms. The zero-order valence-electron chi connectivity index (χ0n) is 10.6. The fourth-order valence-electron chi connectivity index (χ4n) is 2.09. The minimum Gasteiger partial charge on any atom is -0.379 e. The monoisotopic (exact) mass is 248 g/mol. The summed E-state index contributed by atoms with van der Waals surface area (Å²) < 4.78 is 11.0. The molecule has 3 heteroatoms. The highest BCUT2D eigenvalue weighted by atomic mass is 16.5. The maximum absolute atomic E-state index is 11.8. The van der Waals surface area contributed by atoms with E-state index in [2.05, 4.69) is 0 Å². The minimum atomic E-state index is 0.191. The Labute approximate surface area is 108 Å². The summed E-state index contributed by atoms with van der Waals surface area (Å²) in [7, 11) is 0. The summed E-state index contributed by atoms with van der Waals surface area (Å²) in [6, 6.07) is 9.41. The summed E-state index contributed by atoms with van der Waals surface area (Å²) in [4.78, 5) is 11.8. The lowest BCUT2D eigenvalue weighted by Gasteiger charge is -2.09. The van der Waals surface area contributed by atoms with Crippen molar-refractivity contribution in [2.75, 3.05) is 19.8 Å². The summed E-state index contributed by atoms with van der Waals surface area (Å²) >= 11 is 0. The molecule has 1 aromatic rings. The van der Waals surface area contributed by atoms with Crippen LogP contribution in [-0.2, 0) is 9.47 Å². The van der Waals surface area contributed by atoms with Gasteiger partial charge in [-0.15, -0.1) is 0 Å². The fraction of sp³-hybridized carbons (Fsp3) is 0.533. The Morgan fingerprint density at radius 3 is 2.89 bits per heavy atom. The van der Waals surface area contributed by atoms with Crippen LogP contribution in [0.3, 0.4) is 0 Å². The molecule has 2 rings (SSSR count). The van der Waals surface area contributed by atoms with E-state index >= 15 is 0 Å². The van der Waals surface area contributed by atoms with Crippen molar-refractivity contribution >= 4 is 5.78 Å². The highest BCUT2D eigenvalue weighted by molar-refractivity contribution is 5.95. The molecule has 1 saturated heterocycles. The number of rotatable bonds is 7. The molecule has 1 heterocycles. The standard InChI is InChI=1S/C15H20O3/c16-15(13-6-2-1-3-7-13)9-5-10-17-12-14-8-4-11-18-14/h1-3,6-7,14H,4-5,8-12H2. The molecule has 0 radical (unpaired) electrons. The molecule has 0 aromatic heterocycles. The van der Waals surface area contributed by atoms with Gasteiger partial charge in [0.1, 0.15) is 0 Å². The average Bonchev–Trinajstić information content (AvgIpc) is 2.92. The van der Waals surface area contributed by atoms with Crippen LogP contribution in [0.15, 0.2) is 30.3 Å². The van der Waals surface area contributed by atoms with E-state index in [1.165, 1.54) is 0 Å². The first kappa shape index (κ1) is 13.2. The smallest absolute Gasteiger partial charge is 0.162 e. The number of hydrogen-bond donors (Lipinski definition) is 0. The number of benzene rings is 1. The average molecular weight is 248 g/mol. The second kappa shape index (κ2) is 7.29. The predicted molar refractivity (Wildman–Crippen MR) is 69.8 cm³/mol. The van der Waals surface area contributed by atoms with E-state index in [-0.39, 0.29) is 11.9 Å². The Bertz CT molecular complexity index is 355. The van der Waals surface area contributed by atoms with Crippen LogP contribution in [0, 0.1) is 0 Å². The lowest BCUT2D eigenvalue weighted by molar-refractivity contribution is 0.0163. The van der Waals surface area contributed by atoms with E-state index in [4.69, 9.17) is 9.47 Å². The summed E-state index contributed by atoms with van der Waals surface area (Å²) in [5.74, 6) is 0.191. The summed E-state index contributed by atoms with van der Waals surface area (Å²) in [6.45, 7) is 2.17. The first-order chi connectivity index (χ1) is 8.86. The molecule has 1 aliphatic rings. The van der Waals surface area contributed by atoms with Crippen LogP contribution >= 0.6 is 0 Å². The largest absolute Gasteiger partial charge is 0.379 e. The van der Waals surface area contributed by atoms with Gasteiger partial charge in [-0.3, -0.25) is 4.79 Å². The molecule has 1 fully saturated rings. The van der Waals surface area contributed by atoms with Gasteiger partial charge in [-0.05, 0) is 19.3 Å². The molecule has 3 nitrogen and oxygen atoms in total. The third-order valence-corrected chi connectivity index (χ3v) is 3.12. The van der Waals surface area contributed by atoms with Crippen LogP contribution in [0.1, 0.15) is 36.0 Å². The highest BCUT2D eigenvalue weighted by Crippen LogP contribution is 2.12. The second-order valence-corrected chi connectivity index (χ2v) is 4.60. The van der Waals surface area contributed by atoms with Crippen LogP contribution in [0.25, 0.3) is 0 Å². The van der Waals surface area contributed by atoms with Crippen LogP contribution in [-0.4, -0.2) is 31.7 Å². The number of carbonyl (C=O) groups excluding carboxylic acids is 1. The molecule has 0 amide bonds. The summed E-state index contributed by atoms with van der Waals surface area (Å²) in [5.41, 5.74) is 0.789. The van der Waals surface area contributed by atoms with Crippen LogP contribution in [0.2, 0.25) is 0 Å². The third kappa shape index (κ3) is 4.24. The number of carbonyl (C=O) groups is 1. The van der Waals surface area contributed by atoms with Crippen molar-refractivity contribution in [1.29, 1.82) is 0 Å². The zero-order chi connectivity index (χ0) is 12.6. The van der Waals surface area contributed by atoms with Crippen molar-refractivity contribution < 1.29 is 14.3 Å². The van der Waals surface area contributed by atoms with Crippen molar-refractivity contribution in [3.8, 4) is 0 Å². The molecular weight excluding hydrogens is 228 g/mol. The Hall–Kier alpha value is -1.19. The molecule has 98 valence electrons. The SMILES string of the molecule is O=C(CCCOCC1CCCO1)c1ccccc1. The van der Waals surface area contributed by atoms with E-state index in [1.54, 1.807) is 0 Å². The Morgan fingerprint density at radius 1 is 1.33 bits per heavy atom. The van der Waals surface area contributed by atoms with Gasteiger partial charge < -0.3 is 9.47 Å². The lowest BCUT2D eigenvalue weighted by atomic mass is 10.1. The number of hydrogen-bond acceptors (Lipinski definition) is 3. The molecular formula is C15H20O3. The minimum absolute atomic E-state index is 0.191. The van der Waals surface area contributed by atoms with Gasteiger partial charge in [0.2, 0.25) is 0 Å². The van der Waals surface area contributed by atoms with E-state index in [9.17, 15) is 4.79 Å². The normalized spacial score (nSPS) is 19.0. The second-order valence-electron chi connectivity index (χ2n) is 4.60. The van der Waals surface area contributed by atoms with Crippen molar-refractivity contribution in [2.24, 2.45) is 0 Å². The maximum Gasteiger partial charge on any atom is 0.162 e. The Kier molecular flexibility index (Phi) is 5.36. The Morgan fingerprint density at radius 2 is 2.17 bits per heavy atom. The van der Waals surface area contributed by atoms with Gasteiger partial charge in [-0.25, -0.2) is 0 Å². The third-order valence-electron chi connectivity index (χ3n) is 3.12. The van der Waals surface area contributed by atoms with Gasteiger partial charge in [0.25, 0.3) is 0 Å². The van der Waals surface area contributed by atoms with Gasteiger partial charge in [0, 0.05) is 25.2 Å². The molecule has 0 spiro atoms. The van der Waals surface area contributed by atoms with E-state index in [0.29, 0.717) is 19.6 Å². The molecule has 1 aliphatic heterocycles. The maximum atomic E-state index is 11.8. The quantitative estimate of drug-likeness (QED) is 0.550. The summed E-state index contributed by atoms with van der Waals surface area (Å²) in [6.07, 6.45) is 3.84. The van der Waals surface area contributed by atoms with E-state index in [1.807, 2.05) is 30.3 Å². The predicted octanol–water partition coefficient (Wildman–Crippen LogP) is 2.85. The number of ketones is 1. The molecule has 18 heavy (non-hydrogen) atoms. The van der Waals surface area contributed by atoms with Crippen molar-refractivity contribution in [2.45, 2.75) is 31.8 Å². The van der Waals surface area contributed by atoms with E-state index < -0.39 is 0 Å². The van der Waals surface area contributed by atoms with Gasteiger partial charge in [0.15, 0.2) is 5.78 Å². The van der Waals surface area contributed by atoms with Crippen LogP contribution in [0.4, 0.5) is 0 Å². The summed E-state index contributed by atoms with van der Waals surface area (Å²) in [5, 5.41) is 0. The van der Waals surface area contributed by atoms with Crippen molar-refractivity contribution in [1.82, 2.24) is 0 Å². The van der Waals surface area contributed by atoms with E-state index in [0.717, 1.165) is 31.4 Å². The van der Waals surface area contributed by atoms with Crippen LogP contribution in [0.5, 0.6) is 0 Å². The molecule has 0 N–H and O–H groups in total. The van der Waals surface area contributed by atoms with Gasteiger partial charge in [-0.1, -0.05) is 30.3 Å².